The van der Waals surface area contributed by atoms with Crippen molar-refractivity contribution >= 4 is 60.7 Å². The van der Waals surface area contributed by atoms with Gasteiger partial charge >= 0.3 is 0 Å². The average Bonchev–Trinajstić information content (AvgIpc) is 3.93. The summed E-state index contributed by atoms with van der Waals surface area (Å²) in [5.41, 5.74) is 16.7. The Bertz CT molecular complexity index is 3920. The zero-order chi connectivity index (χ0) is 47.1. The predicted molar refractivity (Wildman–Crippen MR) is 288 cm³/mol. The summed E-state index contributed by atoms with van der Waals surface area (Å²) < 4.78 is 4.64. The Morgan fingerprint density at radius 3 is 1.20 bits per heavy atom. The molecule has 1 aliphatic heterocycles. The van der Waals surface area contributed by atoms with E-state index in [0.717, 1.165) is 111 Å². The molecule has 0 aliphatic carbocycles. The van der Waals surface area contributed by atoms with Crippen LogP contribution in [-0.4, -0.2) is 9.13 Å². The van der Waals surface area contributed by atoms with E-state index in [1.807, 2.05) is 42.5 Å². The monoisotopic (exact) mass is 893 g/mol. The number of rotatable bonds is 6. The summed E-state index contributed by atoms with van der Waals surface area (Å²) in [5, 5.41) is 28.2. The molecule has 0 spiro atoms. The van der Waals surface area contributed by atoms with E-state index in [4.69, 9.17) is 0 Å². The molecule has 0 amide bonds. The molecule has 70 heavy (non-hydrogen) atoms. The largest absolute Gasteiger partial charge is 0.309 e. The molecular formula is C65H43N5. The zero-order valence-corrected chi connectivity index (χ0v) is 38.6. The van der Waals surface area contributed by atoms with Gasteiger partial charge in [-0.15, -0.1) is 0 Å². The summed E-state index contributed by atoms with van der Waals surface area (Å²) in [7, 11) is 0. The SMILES string of the molecule is CC1(C)c2ccccc2N(c2c(-c3ccc4c(c3)c3ccccc3n4-c3ccccc3)c(C#N)c(-c3ccccc3)c(C#N)c2-c2ccc3c(c2)c2ccccc2n3-c2ccccc2)c2ccccc21. The Balaban J connectivity index is 1.23. The average molecular weight is 894 g/mol. The van der Waals surface area contributed by atoms with Crippen molar-refractivity contribution in [3.8, 4) is 56.9 Å². The summed E-state index contributed by atoms with van der Waals surface area (Å²) >= 11 is 0. The van der Waals surface area contributed by atoms with Crippen LogP contribution in [0.15, 0.2) is 224 Å². The van der Waals surface area contributed by atoms with Crippen molar-refractivity contribution < 1.29 is 0 Å². The molecular weight excluding hydrogens is 851 g/mol. The maximum absolute atomic E-state index is 11.9. The maximum atomic E-state index is 11.9. The van der Waals surface area contributed by atoms with Gasteiger partial charge in [-0.3, -0.25) is 0 Å². The topological polar surface area (TPSA) is 60.7 Å². The molecule has 1 aliphatic rings. The van der Waals surface area contributed by atoms with E-state index in [9.17, 15) is 10.5 Å². The number of nitrogens with zero attached hydrogens (tertiary/aromatic N) is 5. The molecule has 12 aromatic rings. The van der Waals surface area contributed by atoms with Gasteiger partial charge in [-0.2, -0.15) is 10.5 Å². The second-order valence-electron chi connectivity index (χ2n) is 18.6. The smallest absolute Gasteiger partial charge is 0.101 e. The lowest BCUT2D eigenvalue weighted by molar-refractivity contribution is 0.632. The second-order valence-corrected chi connectivity index (χ2v) is 18.6. The molecule has 13 rings (SSSR count). The molecule has 0 unspecified atom stereocenters. The van der Waals surface area contributed by atoms with Crippen LogP contribution in [-0.2, 0) is 5.41 Å². The summed E-state index contributed by atoms with van der Waals surface area (Å²) in [6, 6.07) is 84.1. The van der Waals surface area contributed by atoms with Crippen LogP contribution < -0.4 is 4.90 Å². The van der Waals surface area contributed by atoms with E-state index in [1.54, 1.807) is 0 Å². The van der Waals surface area contributed by atoms with E-state index in [2.05, 4.69) is 222 Å². The predicted octanol–water partition coefficient (Wildman–Crippen LogP) is 16.7. The van der Waals surface area contributed by atoms with Crippen molar-refractivity contribution in [3.05, 3.63) is 247 Å². The van der Waals surface area contributed by atoms with E-state index in [1.165, 1.54) is 0 Å². The number of nitriles is 2. The first-order valence-corrected chi connectivity index (χ1v) is 23.7. The summed E-state index contributed by atoms with van der Waals surface area (Å²) in [6.45, 7) is 4.58. The van der Waals surface area contributed by atoms with Gasteiger partial charge in [0.25, 0.3) is 0 Å². The third-order valence-electron chi connectivity index (χ3n) is 14.6. The fourth-order valence-electron chi connectivity index (χ4n) is 11.5. The van der Waals surface area contributed by atoms with Gasteiger partial charge in [-0.1, -0.05) is 166 Å². The molecule has 0 atom stereocenters. The van der Waals surface area contributed by atoms with Crippen LogP contribution in [0.4, 0.5) is 17.1 Å². The molecule has 0 saturated heterocycles. The van der Waals surface area contributed by atoms with Gasteiger partial charge in [-0.05, 0) is 101 Å². The van der Waals surface area contributed by atoms with Crippen LogP contribution in [0.25, 0.3) is 88.4 Å². The van der Waals surface area contributed by atoms with Crippen molar-refractivity contribution in [2.45, 2.75) is 19.3 Å². The van der Waals surface area contributed by atoms with E-state index in [0.29, 0.717) is 16.7 Å². The van der Waals surface area contributed by atoms with Crippen molar-refractivity contribution in [2.24, 2.45) is 0 Å². The third-order valence-corrected chi connectivity index (χ3v) is 14.6. The highest BCUT2D eigenvalue weighted by Gasteiger charge is 2.40. The molecule has 5 nitrogen and oxygen atoms in total. The number of aromatic nitrogens is 2. The fourth-order valence-corrected chi connectivity index (χ4v) is 11.5. The van der Waals surface area contributed by atoms with E-state index >= 15 is 0 Å². The first kappa shape index (κ1) is 40.8. The summed E-state index contributed by atoms with van der Waals surface area (Å²) in [5.74, 6) is 0. The van der Waals surface area contributed by atoms with Crippen molar-refractivity contribution in [2.75, 3.05) is 4.90 Å². The zero-order valence-electron chi connectivity index (χ0n) is 38.6. The van der Waals surface area contributed by atoms with Crippen LogP contribution >= 0.6 is 0 Å². The molecule has 0 saturated carbocycles. The molecule has 328 valence electrons. The lowest BCUT2D eigenvalue weighted by atomic mass is 9.73. The van der Waals surface area contributed by atoms with Crippen molar-refractivity contribution in [3.63, 3.8) is 0 Å². The van der Waals surface area contributed by atoms with Gasteiger partial charge in [0.2, 0.25) is 0 Å². The quantitative estimate of drug-likeness (QED) is 0.167. The minimum absolute atomic E-state index is 0.361. The highest BCUT2D eigenvalue weighted by atomic mass is 15.2. The van der Waals surface area contributed by atoms with Crippen LogP contribution in [0.5, 0.6) is 0 Å². The number of hydrogen-bond donors (Lipinski definition) is 0. The Morgan fingerprint density at radius 1 is 0.357 bits per heavy atom. The maximum Gasteiger partial charge on any atom is 0.101 e. The summed E-state index contributed by atoms with van der Waals surface area (Å²) in [4.78, 5) is 2.35. The van der Waals surface area contributed by atoms with E-state index < -0.39 is 0 Å². The fraction of sp³-hybridized carbons (Fsp3) is 0.0462. The number of hydrogen-bond acceptors (Lipinski definition) is 3. The molecule has 0 fully saturated rings. The number of benzene rings is 10. The molecule has 2 aromatic heterocycles. The number of anilines is 3. The van der Waals surface area contributed by atoms with Crippen LogP contribution in [0, 0.1) is 22.7 Å². The minimum atomic E-state index is -0.361. The van der Waals surface area contributed by atoms with Crippen molar-refractivity contribution in [1.82, 2.24) is 9.13 Å². The molecule has 0 N–H and O–H groups in total. The number of para-hydroxylation sites is 6. The van der Waals surface area contributed by atoms with Crippen molar-refractivity contribution in [1.29, 1.82) is 10.5 Å². The first-order valence-electron chi connectivity index (χ1n) is 23.7. The minimum Gasteiger partial charge on any atom is -0.309 e. The molecule has 0 bridgehead atoms. The highest BCUT2D eigenvalue weighted by Crippen LogP contribution is 2.58. The second kappa shape index (κ2) is 15.8. The Hall–Kier alpha value is -9.42. The first-order chi connectivity index (χ1) is 34.5. The van der Waals surface area contributed by atoms with Gasteiger partial charge in [-0.25, -0.2) is 0 Å². The van der Waals surface area contributed by atoms with Gasteiger partial charge < -0.3 is 14.0 Å². The lowest BCUT2D eigenvalue weighted by Gasteiger charge is -2.43. The molecule has 10 aromatic carbocycles. The Morgan fingerprint density at radius 2 is 0.743 bits per heavy atom. The molecule has 3 heterocycles. The lowest BCUT2D eigenvalue weighted by Crippen LogP contribution is -2.31. The van der Waals surface area contributed by atoms with Crippen LogP contribution in [0.1, 0.15) is 36.1 Å². The van der Waals surface area contributed by atoms with Gasteiger partial charge in [0.1, 0.15) is 12.1 Å². The van der Waals surface area contributed by atoms with Gasteiger partial charge in [0.05, 0.1) is 50.3 Å². The number of fused-ring (bicyclic) bond motifs is 8. The van der Waals surface area contributed by atoms with Crippen LogP contribution in [0.3, 0.4) is 0 Å². The van der Waals surface area contributed by atoms with Crippen LogP contribution in [0.2, 0.25) is 0 Å². The Kier molecular flexibility index (Phi) is 9.24. The normalized spacial score (nSPS) is 12.8. The summed E-state index contributed by atoms with van der Waals surface area (Å²) in [6.07, 6.45) is 0. The van der Waals surface area contributed by atoms with Gasteiger partial charge in [0, 0.05) is 55.0 Å². The molecule has 5 heteroatoms. The van der Waals surface area contributed by atoms with Gasteiger partial charge in [0.15, 0.2) is 0 Å². The van der Waals surface area contributed by atoms with E-state index in [-0.39, 0.29) is 5.41 Å². The molecule has 0 radical (unpaired) electrons. The Labute approximate surface area is 406 Å². The standard InChI is InChI=1S/C65H43N5/c1-65(2)53-28-14-18-32-59(53)70(60-33-19-15-29-54(60)65)64-62(43-34-36-57-49(38-43)47-26-12-16-30-55(47)68(57)45-22-8-4-9-23-45)51(40-66)61(42-20-6-3-7-21-42)52(41-67)63(64)44-35-37-58-50(39-44)48-27-13-17-31-56(48)69(58)46-24-10-5-11-25-46/h3-39H,1-2H3. The highest BCUT2D eigenvalue weighted by molar-refractivity contribution is 6.15. The third kappa shape index (κ3) is 5.96.